The third kappa shape index (κ3) is 2.20. The summed E-state index contributed by atoms with van der Waals surface area (Å²) >= 11 is 0. The average molecular weight is 202 g/mol. The largest absolute Gasteiger partial charge is 0.343 e. The van der Waals surface area contributed by atoms with Crippen LogP contribution in [0.3, 0.4) is 0 Å². The zero-order valence-electron chi connectivity index (χ0n) is 9.62. The van der Waals surface area contributed by atoms with E-state index in [0.717, 1.165) is 11.6 Å². The molecule has 0 spiro atoms. The normalized spacial score (nSPS) is 13.6. The maximum absolute atomic E-state index is 4.31. The van der Waals surface area contributed by atoms with Crippen LogP contribution >= 0.6 is 0 Å². The fraction of sp³-hybridized carbons (Fsp3) is 0.462. The summed E-state index contributed by atoms with van der Waals surface area (Å²) in [5, 5.41) is 1.21. The third-order valence-electron chi connectivity index (χ3n) is 2.77. The first kappa shape index (κ1) is 10.2. The van der Waals surface area contributed by atoms with Crippen molar-refractivity contribution < 1.29 is 0 Å². The number of fused-ring (bicyclic) bond motifs is 1. The minimum Gasteiger partial charge on any atom is -0.343 e. The lowest BCUT2D eigenvalue weighted by Crippen LogP contribution is -1.98. The second-order valence-corrected chi connectivity index (χ2v) is 4.70. The van der Waals surface area contributed by atoms with E-state index in [2.05, 4.69) is 42.9 Å². The van der Waals surface area contributed by atoms with Crippen molar-refractivity contribution in [1.82, 2.24) is 9.97 Å². The highest BCUT2D eigenvalue weighted by molar-refractivity contribution is 5.76. The van der Waals surface area contributed by atoms with Gasteiger partial charge in [-0.25, -0.2) is 4.98 Å². The first-order valence-electron chi connectivity index (χ1n) is 5.60. The van der Waals surface area contributed by atoms with Crippen LogP contribution in [0.5, 0.6) is 0 Å². The van der Waals surface area contributed by atoms with Crippen molar-refractivity contribution in [3.8, 4) is 0 Å². The SMILES string of the molecule is CC(C)CC(C)c1cc2cccnc2[nH]1. The van der Waals surface area contributed by atoms with Crippen molar-refractivity contribution in [3.05, 3.63) is 30.1 Å². The van der Waals surface area contributed by atoms with E-state index in [9.17, 15) is 0 Å². The lowest BCUT2D eigenvalue weighted by atomic mass is 9.96. The highest BCUT2D eigenvalue weighted by atomic mass is 14.9. The summed E-state index contributed by atoms with van der Waals surface area (Å²) in [4.78, 5) is 7.70. The van der Waals surface area contributed by atoms with Crippen molar-refractivity contribution >= 4 is 11.0 Å². The molecule has 0 bridgehead atoms. The van der Waals surface area contributed by atoms with Gasteiger partial charge in [0.25, 0.3) is 0 Å². The van der Waals surface area contributed by atoms with Gasteiger partial charge in [0.05, 0.1) is 0 Å². The van der Waals surface area contributed by atoms with E-state index in [4.69, 9.17) is 0 Å². The van der Waals surface area contributed by atoms with E-state index >= 15 is 0 Å². The van der Waals surface area contributed by atoms with E-state index in [-0.39, 0.29) is 0 Å². The Morgan fingerprint density at radius 2 is 2.13 bits per heavy atom. The summed E-state index contributed by atoms with van der Waals surface area (Å²) in [6.45, 7) is 6.79. The molecule has 0 aliphatic heterocycles. The zero-order valence-corrected chi connectivity index (χ0v) is 9.62. The number of aromatic amines is 1. The van der Waals surface area contributed by atoms with E-state index in [1.807, 2.05) is 12.3 Å². The predicted octanol–water partition coefficient (Wildman–Crippen LogP) is 3.71. The van der Waals surface area contributed by atoms with Crippen LogP contribution < -0.4 is 0 Å². The van der Waals surface area contributed by atoms with Gasteiger partial charge in [0, 0.05) is 17.3 Å². The highest BCUT2D eigenvalue weighted by Crippen LogP contribution is 2.24. The molecule has 0 radical (unpaired) electrons. The zero-order chi connectivity index (χ0) is 10.8. The second-order valence-electron chi connectivity index (χ2n) is 4.70. The van der Waals surface area contributed by atoms with Gasteiger partial charge in [0.2, 0.25) is 0 Å². The Morgan fingerprint density at radius 3 is 2.80 bits per heavy atom. The van der Waals surface area contributed by atoms with E-state index in [1.54, 1.807) is 0 Å². The minimum absolute atomic E-state index is 0.583. The number of aromatic nitrogens is 2. The number of hydrogen-bond acceptors (Lipinski definition) is 1. The molecule has 0 amide bonds. The smallest absolute Gasteiger partial charge is 0.137 e. The van der Waals surface area contributed by atoms with Gasteiger partial charge < -0.3 is 4.98 Å². The molecule has 0 aromatic carbocycles. The molecule has 1 atom stereocenters. The van der Waals surface area contributed by atoms with Gasteiger partial charge in [-0.3, -0.25) is 0 Å². The predicted molar refractivity (Wildman–Crippen MR) is 64.0 cm³/mol. The maximum Gasteiger partial charge on any atom is 0.137 e. The summed E-state index contributed by atoms with van der Waals surface area (Å²) < 4.78 is 0. The molecule has 15 heavy (non-hydrogen) atoms. The number of pyridine rings is 1. The molecular formula is C13H18N2. The Labute approximate surface area is 90.7 Å². The standard InChI is InChI=1S/C13H18N2/c1-9(2)7-10(3)12-8-11-5-4-6-14-13(11)15-12/h4-6,8-10H,7H2,1-3H3,(H,14,15). The van der Waals surface area contributed by atoms with Crippen molar-refractivity contribution in [2.75, 3.05) is 0 Å². The molecule has 0 aliphatic carbocycles. The average Bonchev–Trinajstić information content (AvgIpc) is 2.59. The first-order valence-corrected chi connectivity index (χ1v) is 5.60. The fourth-order valence-corrected chi connectivity index (χ4v) is 2.08. The molecule has 0 saturated carbocycles. The van der Waals surface area contributed by atoms with Gasteiger partial charge in [-0.05, 0) is 36.5 Å². The van der Waals surface area contributed by atoms with Crippen molar-refractivity contribution in [2.24, 2.45) is 5.92 Å². The van der Waals surface area contributed by atoms with Crippen LogP contribution in [-0.2, 0) is 0 Å². The lowest BCUT2D eigenvalue weighted by molar-refractivity contribution is 0.518. The Balaban J connectivity index is 2.28. The van der Waals surface area contributed by atoms with E-state index in [1.165, 1.54) is 17.5 Å². The summed E-state index contributed by atoms with van der Waals surface area (Å²) in [5.41, 5.74) is 2.31. The van der Waals surface area contributed by atoms with Crippen molar-refractivity contribution in [1.29, 1.82) is 0 Å². The number of nitrogens with one attached hydrogen (secondary N) is 1. The number of nitrogens with zero attached hydrogens (tertiary/aromatic N) is 1. The van der Waals surface area contributed by atoms with Crippen molar-refractivity contribution in [2.45, 2.75) is 33.1 Å². The number of rotatable bonds is 3. The van der Waals surface area contributed by atoms with E-state index < -0.39 is 0 Å². The lowest BCUT2D eigenvalue weighted by Gasteiger charge is -2.11. The molecule has 80 valence electrons. The van der Waals surface area contributed by atoms with Crippen LogP contribution in [0.15, 0.2) is 24.4 Å². The fourth-order valence-electron chi connectivity index (χ4n) is 2.08. The molecule has 2 aromatic heterocycles. The first-order chi connectivity index (χ1) is 7.16. The molecule has 2 nitrogen and oxygen atoms in total. The molecule has 1 unspecified atom stereocenters. The molecular weight excluding hydrogens is 184 g/mol. The van der Waals surface area contributed by atoms with Gasteiger partial charge >= 0.3 is 0 Å². The Hall–Kier alpha value is -1.31. The van der Waals surface area contributed by atoms with Crippen LogP contribution in [0, 0.1) is 5.92 Å². The van der Waals surface area contributed by atoms with Crippen LogP contribution in [0.25, 0.3) is 11.0 Å². The van der Waals surface area contributed by atoms with Gasteiger partial charge in [0.1, 0.15) is 5.65 Å². The molecule has 2 aromatic rings. The summed E-state index contributed by atoms with van der Waals surface area (Å²) in [6.07, 6.45) is 3.04. The van der Waals surface area contributed by atoms with Crippen LogP contribution in [0.4, 0.5) is 0 Å². The molecule has 2 heterocycles. The van der Waals surface area contributed by atoms with Crippen LogP contribution in [-0.4, -0.2) is 9.97 Å². The van der Waals surface area contributed by atoms with Gasteiger partial charge in [-0.15, -0.1) is 0 Å². The minimum atomic E-state index is 0.583. The van der Waals surface area contributed by atoms with Gasteiger partial charge in [0.15, 0.2) is 0 Å². The summed E-state index contributed by atoms with van der Waals surface area (Å²) in [5.74, 6) is 1.32. The van der Waals surface area contributed by atoms with E-state index in [0.29, 0.717) is 5.92 Å². The Kier molecular flexibility index (Phi) is 2.76. The van der Waals surface area contributed by atoms with Crippen LogP contribution in [0.1, 0.15) is 38.8 Å². The van der Waals surface area contributed by atoms with Crippen LogP contribution in [0.2, 0.25) is 0 Å². The third-order valence-corrected chi connectivity index (χ3v) is 2.77. The monoisotopic (exact) mass is 202 g/mol. The topological polar surface area (TPSA) is 28.7 Å². The number of H-pyrrole nitrogens is 1. The number of hydrogen-bond donors (Lipinski definition) is 1. The van der Waals surface area contributed by atoms with Gasteiger partial charge in [-0.1, -0.05) is 20.8 Å². The van der Waals surface area contributed by atoms with Gasteiger partial charge in [-0.2, -0.15) is 0 Å². The molecule has 0 saturated heterocycles. The molecule has 2 heteroatoms. The second kappa shape index (κ2) is 4.05. The van der Waals surface area contributed by atoms with Crippen molar-refractivity contribution in [3.63, 3.8) is 0 Å². The summed E-state index contributed by atoms with van der Waals surface area (Å²) in [6, 6.07) is 6.30. The quantitative estimate of drug-likeness (QED) is 0.807. The maximum atomic E-state index is 4.31. The molecule has 0 fully saturated rings. The molecule has 0 aliphatic rings. The summed E-state index contributed by atoms with van der Waals surface area (Å²) in [7, 11) is 0. The Bertz CT molecular complexity index is 409. The highest BCUT2D eigenvalue weighted by Gasteiger charge is 2.10. The Morgan fingerprint density at radius 1 is 1.33 bits per heavy atom. The molecule has 1 N–H and O–H groups in total. The molecule has 2 rings (SSSR count).